The summed E-state index contributed by atoms with van der Waals surface area (Å²) in [4.78, 5) is 2.76. The van der Waals surface area contributed by atoms with E-state index in [1.165, 1.54) is 35.4 Å². The second kappa shape index (κ2) is 5.09. The number of aryl methyl sites for hydroxylation is 1. The molecule has 2 atom stereocenters. The molecule has 0 amide bonds. The third kappa shape index (κ3) is 2.72. The molecule has 1 aromatic rings. The van der Waals surface area contributed by atoms with Crippen LogP contribution in [0, 0.1) is 18.3 Å². The smallest absolute Gasteiger partial charge is 0.0586 e. The number of hydrogen-bond donors (Lipinski definition) is 2. The Balaban J connectivity index is 2.22. The van der Waals surface area contributed by atoms with Gasteiger partial charge in [-0.1, -0.05) is 26.7 Å². The number of hydrogen-bond acceptors (Lipinski definition) is 3. The topological polar surface area (TPSA) is 38.0 Å². The van der Waals surface area contributed by atoms with E-state index < -0.39 is 0 Å². The average molecular weight is 252 g/mol. The summed E-state index contributed by atoms with van der Waals surface area (Å²) >= 11 is 1.87. The molecule has 0 aliphatic heterocycles. The summed E-state index contributed by atoms with van der Waals surface area (Å²) in [5.74, 6) is 6.47. The van der Waals surface area contributed by atoms with E-state index in [9.17, 15) is 0 Å². The molecule has 3 heteroatoms. The highest BCUT2D eigenvalue weighted by Gasteiger charge is 2.38. The Morgan fingerprint density at radius 2 is 2.18 bits per heavy atom. The van der Waals surface area contributed by atoms with Crippen LogP contribution in [-0.2, 0) is 0 Å². The minimum absolute atomic E-state index is 0.323. The van der Waals surface area contributed by atoms with Gasteiger partial charge in [-0.15, -0.1) is 11.3 Å². The number of nitrogens with one attached hydrogen (secondary N) is 1. The lowest BCUT2D eigenvalue weighted by Crippen LogP contribution is -2.41. The van der Waals surface area contributed by atoms with E-state index in [2.05, 4.69) is 38.3 Å². The molecule has 17 heavy (non-hydrogen) atoms. The summed E-state index contributed by atoms with van der Waals surface area (Å²) in [7, 11) is 0. The van der Waals surface area contributed by atoms with Gasteiger partial charge < -0.3 is 0 Å². The molecular weight excluding hydrogens is 228 g/mol. The van der Waals surface area contributed by atoms with Crippen molar-refractivity contribution in [3.05, 3.63) is 21.9 Å². The molecule has 0 bridgehead atoms. The predicted molar refractivity (Wildman–Crippen MR) is 74.9 cm³/mol. The molecule has 1 saturated carbocycles. The van der Waals surface area contributed by atoms with Crippen molar-refractivity contribution in [2.24, 2.45) is 17.2 Å². The lowest BCUT2D eigenvalue weighted by Gasteiger charge is -2.42. The van der Waals surface area contributed by atoms with Crippen molar-refractivity contribution in [1.82, 2.24) is 5.43 Å². The van der Waals surface area contributed by atoms with E-state index in [1.54, 1.807) is 0 Å². The van der Waals surface area contributed by atoms with Gasteiger partial charge in [-0.2, -0.15) is 0 Å². The molecule has 2 nitrogen and oxygen atoms in total. The molecule has 3 N–H and O–H groups in total. The molecule has 1 aliphatic carbocycles. The van der Waals surface area contributed by atoms with Gasteiger partial charge in [0.05, 0.1) is 6.04 Å². The molecule has 1 fully saturated rings. The standard InChI is InChI=1S/C14H24N2S/c1-10-7-8-12(17-10)13(16-15)11-6-4-5-9-14(11,2)3/h7-8,11,13,16H,4-6,9,15H2,1-3H3. The van der Waals surface area contributed by atoms with Gasteiger partial charge in [-0.05, 0) is 43.2 Å². The molecule has 96 valence electrons. The van der Waals surface area contributed by atoms with E-state index >= 15 is 0 Å². The Labute approximate surface area is 109 Å². The van der Waals surface area contributed by atoms with Crippen LogP contribution < -0.4 is 11.3 Å². The van der Waals surface area contributed by atoms with Crippen LogP contribution in [0.2, 0.25) is 0 Å². The van der Waals surface area contributed by atoms with Crippen molar-refractivity contribution in [2.75, 3.05) is 0 Å². The molecule has 1 aromatic heterocycles. The molecule has 2 rings (SSSR count). The van der Waals surface area contributed by atoms with Gasteiger partial charge in [0, 0.05) is 9.75 Å². The van der Waals surface area contributed by atoms with Crippen LogP contribution >= 0.6 is 11.3 Å². The number of rotatable bonds is 3. The molecule has 0 saturated heterocycles. The van der Waals surface area contributed by atoms with Crippen molar-refractivity contribution in [3.8, 4) is 0 Å². The summed E-state index contributed by atoms with van der Waals surface area (Å²) in [5, 5.41) is 0. The van der Waals surface area contributed by atoms with E-state index in [0.29, 0.717) is 17.4 Å². The van der Waals surface area contributed by atoms with E-state index in [4.69, 9.17) is 5.84 Å². The lowest BCUT2D eigenvalue weighted by molar-refractivity contribution is 0.0995. The first-order valence-corrected chi connectivity index (χ1v) is 7.39. The van der Waals surface area contributed by atoms with Crippen molar-refractivity contribution < 1.29 is 0 Å². The van der Waals surface area contributed by atoms with Gasteiger partial charge >= 0.3 is 0 Å². The summed E-state index contributed by atoms with van der Waals surface area (Å²) in [6.07, 6.45) is 5.32. The third-order valence-electron chi connectivity index (χ3n) is 4.24. The van der Waals surface area contributed by atoms with Gasteiger partial charge in [0.25, 0.3) is 0 Å². The fourth-order valence-corrected chi connectivity index (χ4v) is 4.16. The molecular formula is C14H24N2S. The third-order valence-corrected chi connectivity index (χ3v) is 5.32. The minimum Gasteiger partial charge on any atom is -0.271 e. The van der Waals surface area contributed by atoms with E-state index in [0.717, 1.165) is 0 Å². The summed E-state index contributed by atoms with van der Waals surface area (Å²) in [6.45, 7) is 6.94. The van der Waals surface area contributed by atoms with Gasteiger partial charge in [0.2, 0.25) is 0 Å². The number of nitrogens with two attached hydrogens (primary N) is 1. The van der Waals surface area contributed by atoms with Crippen LogP contribution in [0.25, 0.3) is 0 Å². The van der Waals surface area contributed by atoms with Crippen molar-refractivity contribution in [2.45, 2.75) is 52.5 Å². The van der Waals surface area contributed by atoms with Crippen molar-refractivity contribution >= 4 is 11.3 Å². The average Bonchev–Trinajstić information content (AvgIpc) is 2.68. The largest absolute Gasteiger partial charge is 0.271 e. The molecule has 0 spiro atoms. The van der Waals surface area contributed by atoms with E-state index in [-0.39, 0.29) is 0 Å². The minimum atomic E-state index is 0.323. The molecule has 2 unspecified atom stereocenters. The Hall–Kier alpha value is -0.380. The van der Waals surface area contributed by atoms with Crippen LogP contribution in [-0.4, -0.2) is 0 Å². The fourth-order valence-electron chi connectivity index (χ4n) is 3.16. The van der Waals surface area contributed by atoms with Gasteiger partial charge in [-0.25, -0.2) is 0 Å². The van der Waals surface area contributed by atoms with Gasteiger partial charge in [0.15, 0.2) is 0 Å². The second-order valence-electron chi connectivity index (χ2n) is 5.93. The summed E-state index contributed by atoms with van der Waals surface area (Å²) in [6, 6.07) is 4.75. The maximum Gasteiger partial charge on any atom is 0.0586 e. The Morgan fingerprint density at radius 3 is 2.71 bits per heavy atom. The zero-order chi connectivity index (χ0) is 12.5. The number of thiophene rings is 1. The highest BCUT2D eigenvalue weighted by molar-refractivity contribution is 7.12. The first-order valence-electron chi connectivity index (χ1n) is 6.57. The maximum atomic E-state index is 5.82. The lowest BCUT2D eigenvalue weighted by atomic mass is 9.66. The van der Waals surface area contributed by atoms with Crippen LogP contribution in [0.4, 0.5) is 0 Å². The van der Waals surface area contributed by atoms with E-state index in [1.807, 2.05) is 11.3 Å². The fraction of sp³-hybridized carbons (Fsp3) is 0.714. The van der Waals surface area contributed by atoms with Crippen LogP contribution in [0.3, 0.4) is 0 Å². The first-order chi connectivity index (χ1) is 8.04. The Kier molecular flexibility index (Phi) is 3.91. The SMILES string of the molecule is Cc1ccc(C(NN)C2CCCCC2(C)C)s1. The zero-order valence-corrected chi connectivity index (χ0v) is 11.9. The normalized spacial score (nSPS) is 25.8. The van der Waals surface area contributed by atoms with Crippen molar-refractivity contribution in [1.29, 1.82) is 0 Å². The monoisotopic (exact) mass is 252 g/mol. The van der Waals surface area contributed by atoms with Crippen LogP contribution in [0.15, 0.2) is 12.1 Å². The zero-order valence-electron chi connectivity index (χ0n) is 11.1. The Bertz CT molecular complexity index is 370. The molecule has 0 aromatic carbocycles. The second-order valence-corrected chi connectivity index (χ2v) is 7.25. The van der Waals surface area contributed by atoms with Gasteiger partial charge in [0.1, 0.15) is 0 Å². The highest BCUT2D eigenvalue weighted by Crippen LogP contribution is 2.47. The van der Waals surface area contributed by atoms with Crippen molar-refractivity contribution in [3.63, 3.8) is 0 Å². The quantitative estimate of drug-likeness (QED) is 0.634. The number of hydrazine groups is 1. The highest BCUT2D eigenvalue weighted by atomic mass is 32.1. The van der Waals surface area contributed by atoms with Gasteiger partial charge in [-0.3, -0.25) is 11.3 Å². The summed E-state index contributed by atoms with van der Waals surface area (Å²) in [5.41, 5.74) is 3.46. The summed E-state index contributed by atoms with van der Waals surface area (Å²) < 4.78 is 0. The molecule has 1 heterocycles. The van der Waals surface area contributed by atoms with Crippen LogP contribution in [0.1, 0.15) is 55.3 Å². The molecule has 1 aliphatic rings. The maximum absolute atomic E-state index is 5.82. The Morgan fingerprint density at radius 1 is 1.41 bits per heavy atom. The first kappa shape index (κ1) is 13.1. The van der Waals surface area contributed by atoms with Crippen LogP contribution in [0.5, 0.6) is 0 Å². The predicted octanol–water partition coefficient (Wildman–Crippen LogP) is 3.78. The molecule has 0 radical (unpaired) electrons.